The first kappa shape index (κ1) is 33.7. The molecule has 0 radical (unpaired) electrons. The highest BCUT2D eigenvalue weighted by molar-refractivity contribution is 6.20. The minimum Gasteiger partial charge on any atom is -0.465 e. The Hall–Kier alpha value is -2.37. The SMILES string of the molecule is CCCCCCCCCCCCCCCCNc1ccc(C(=O)C(C(=O)OCC)C(=O)OC(C)(C)C)cc1. The molecule has 0 aromatic heterocycles. The van der Waals surface area contributed by atoms with E-state index >= 15 is 0 Å². The molecule has 6 nitrogen and oxygen atoms in total. The van der Waals surface area contributed by atoms with Crippen molar-refractivity contribution in [1.82, 2.24) is 0 Å². The highest BCUT2D eigenvalue weighted by Gasteiger charge is 2.39. The summed E-state index contributed by atoms with van der Waals surface area (Å²) >= 11 is 0. The van der Waals surface area contributed by atoms with E-state index in [9.17, 15) is 14.4 Å². The third-order valence-electron chi connectivity index (χ3n) is 6.46. The molecule has 6 heteroatoms. The third kappa shape index (κ3) is 15.1. The van der Waals surface area contributed by atoms with Crippen molar-refractivity contribution in [3.8, 4) is 0 Å². The van der Waals surface area contributed by atoms with Crippen LogP contribution in [0.15, 0.2) is 24.3 Å². The van der Waals surface area contributed by atoms with Gasteiger partial charge in [0.15, 0.2) is 5.78 Å². The molecule has 1 aromatic carbocycles. The number of ketones is 1. The van der Waals surface area contributed by atoms with Gasteiger partial charge >= 0.3 is 11.9 Å². The first-order chi connectivity index (χ1) is 18.2. The third-order valence-corrected chi connectivity index (χ3v) is 6.46. The fourth-order valence-corrected chi connectivity index (χ4v) is 4.37. The summed E-state index contributed by atoms with van der Waals surface area (Å²) in [5.41, 5.74) is 0.362. The average Bonchev–Trinajstić information content (AvgIpc) is 2.86. The summed E-state index contributed by atoms with van der Waals surface area (Å²) in [6.07, 6.45) is 18.7. The lowest BCUT2D eigenvalue weighted by Gasteiger charge is -2.22. The van der Waals surface area contributed by atoms with Crippen LogP contribution >= 0.6 is 0 Å². The maximum absolute atomic E-state index is 13.0. The molecule has 0 aliphatic rings. The number of hydrogen-bond donors (Lipinski definition) is 1. The molecule has 1 rings (SSSR count). The van der Waals surface area contributed by atoms with E-state index < -0.39 is 29.2 Å². The number of hydrogen-bond acceptors (Lipinski definition) is 6. The topological polar surface area (TPSA) is 81.7 Å². The van der Waals surface area contributed by atoms with Crippen LogP contribution in [0.5, 0.6) is 0 Å². The molecule has 1 atom stereocenters. The first-order valence-corrected chi connectivity index (χ1v) is 15.0. The molecule has 0 saturated carbocycles. The Bertz CT molecular complexity index is 797. The van der Waals surface area contributed by atoms with Gasteiger partial charge in [-0.05, 0) is 58.4 Å². The molecule has 0 bridgehead atoms. The van der Waals surface area contributed by atoms with E-state index in [1.54, 1.807) is 52.0 Å². The standard InChI is InChI=1S/C32H53NO5/c1-6-8-9-10-11-12-13-14-15-16-17-18-19-20-25-33-27-23-21-26(22-24-27)29(34)28(30(35)37-7-2)31(36)38-32(3,4)5/h21-24,28,33H,6-20,25H2,1-5H3. The van der Waals surface area contributed by atoms with Crippen LogP contribution in [-0.4, -0.2) is 36.5 Å². The number of benzene rings is 1. The lowest BCUT2D eigenvalue weighted by molar-refractivity contribution is -0.166. The lowest BCUT2D eigenvalue weighted by atomic mass is 9.97. The Labute approximate surface area is 231 Å². The number of ether oxygens (including phenoxy) is 2. The van der Waals surface area contributed by atoms with Gasteiger partial charge in [-0.1, -0.05) is 90.4 Å². The van der Waals surface area contributed by atoms with Gasteiger partial charge in [-0.15, -0.1) is 0 Å². The van der Waals surface area contributed by atoms with Crippen LogP contribution < -0.4 is 5.32 Å². The number of nitrogens with one attached hydrogen (secondary N) is 1. The minimum absolute atomic E-state index is 0.0769. The Morgan fingerprint density at radius 2 is 1.18 bits per heavy atom. The van der Waals surface area contributed by atoms with E-state index in [1.165, 1.54) is 83.5 Å². The second-order valence-corrected chi connectivity index (χ2v) is 11.2. The molecule has 1 aromatic rings. The van der Waals surface area contributed by atoms with Crippen LogP contribution in [0.2, 0.25) is 0 Å². The zero-order valence-corrected chi connectivity index (χ0v) is 24.7. The Kier molecular flexibility index (Phi) is 17.4. The molecule has 0 aliphatic carbocycles. The smallest absolute Gasteiger partial charge is 0.328 e. The summed E-state index contributed by atoms with van der Waals surface area (Å²) in [4.78, 5) is 37.9. The Balaban J connectivity index is 2.30. The van der Waals surface area contributed by atoms with Crippen molar-refractivity contribution in [1.29, 1.82) is 0 Å². The number of rotatable bonds is 21. The van der Waals surface area contributed by atoms with Crippen LogP contribution in [-0.2, 0) is 19.1 Å². The van der Waals surface area contributed by atoms with Gasteiger partial charge in [0.2, 0.25) is 5.92 Å². The molecule has 0 saturated heterocycles. The summed E-state index contributed by atoms with van der Waals surface area (Å²) in [5, 5.41) is 3.39. The minimum atomic E-state index is -1.62. The summed E-state index contributed by atoms with van der Waals surface area (Å²) in [7, 11) is 0. The van der Waals surface area contributed by atoms with Gasteiger partial charge in [0.05, 0.1) is 6.61 Å². The highest BCUT2D eigenvalue weighted by Crippen LogP contribution is 2.19. The fraction of sp³-hybridized carbons (Fsp3) is 0.719. The van der Waals surface area contributed by atoms with Gasteiger partial charge in [0, 0.05) is 17.8 Å². The molecule has 0 spiro atoms. The quantitative estimate of drug-likeness (QED) is 0.0744. The molecule has 216 valence electrons. The molecule has 38 heavy (non-hydrogen) atoms. The maximum Gasteiger partial charge on any atom is 0.328 e. The van der Waals surface area contributed by atoms with Crippen LogP contribution in [0.3, 0.4) is 0 Å². The van der Waals surface area contributed by atoms with Crippen molar-refractivity contribution in [2.45, 2.75) is 130 Å². The van der Waals surface area contributed by atoms with Gasteiger partial charge in [-0.3, -0.25) is 14.4 Å². The van der Waals surface area contributed by atoms with Crippen molar-refractivity contribution >= 4 is 23.4 Å². The van der Waals surface area contributed by atoms with E-state index in [4.69, 9.17) is 9.47 Å². The van der Waals surface area contributed by atoms with Crippen molar-refractivity contribution < 1.29 is 23.9 Å². The van der Waals surface area contributed by atoms with E-state index in [-0.39, 0.29) is 12.2 Å². The van der Waals surface area contributed by atoms with E-state index in [0.717, 1.165) is 18.7 Å². The number of unbranched alkanes of at least 4 members (excludes halogenated alkanes) is 13. The predicted octanol–water partition coefficient (Wildman–Crippen LogP) is 8.28. The largest absolute Gasteiger partial charge is 0.465 e. The highest BCUT2D eigenvalue weighted by atomic mass is 16.6. The summed E-state index contributed by atoms with van der Waals surface area (Å²) < 4.78 is 10.3. The summed E-state index contributed by atoms with van der Waals surface area (Å²) in [6.45, 7) is 9.92. The van der Waals surface area contributed by atoms with Crippen LogP contribution in [0.1, 0.15) is 135 Å². The number of Topliss-reactive ketones (excluding diaryl/α,β-unsaturated/α-hetero) is 1. The molecule has 1 N–H and O–H groups in total. The van der Waals surface area contributed by atoms with Crippen LogP contribution in [0.25, 0.3) is 0 Å². The van der Waals surface area contributed by atoms with E-state index in [1.807, 2.05) is 0 Å². The summed E-state index contributed by atoms with van der Waals surface area (Å²) in [5.74, 6) is -4.01. The molecule has 0 amide bonds. The Morgan fingerprint density at radius 1 is 0.711 bits per heavy atom. The predicted molar refractivity (Wildman–Crippen MR) is 156 cm³/mol. The summed E-state index contributed by atoms with van der Waals surface area (Å²) in [6, 6.07) is 6.86. The first-order valence-electron chi connectivity index (χ1n) is 15.0. The van der Waals surface area contributed by atoms with E-state index in [0.29, 0.717) is 0 Å². The van der Waals surface area contributed by atoms with E-state index in [2.05, 4.69) is 12.2 Å². The second kappa shape index (κ2) is 19.7. The van der Waals surface area contributed by atoms with Crippen molar-refractivity contribution in [3.63, 3.8) is 0 Å². The number of anilines is 1. The number of esters is 2. The number of carbonyl (C=O) groups is 3. The molecular weight excluding hydrogens is 478 g/mol. The lowest BCUT2D eigenvalue weighted by Crippen LogP contribution is -2.38. The maximum atomic E-state index is 13.0. The second-order valence-electron chi connectivity index (χ2n) is 11.2. The fourth-order valence-electron chi connectivity index (χ4n) is 4.37. The van der Waals surface area contributed by atoms with Crippen LogP contribution in [0.4, 0.5) is 5.69 Å². The van der Waals surface area contributed by atoms with Gasteiger partial charge in [0.1, 0.15) is 5.60 Å². The zero-order chi connectivity index (χ0) is 28.2. The molecular formula is C32H53NO5. The van der Waals surface area contributed by atoms with Gasteiger partial charge in [-0.25, -0.2) is 0 Å². The Morgan fingerprint density at radius 3 is 1.63 bits per heavy atom. The molecule has 0 fully saturated rings. The number of carbonyl (C=O) groups excluding carboxylic acids is 3. The van der Waals surface area contributed by atoms with Gasteiger partial charge in [0.25, 0.3) is 0 Å². The molecule has 1 unspecified atom stereocenters. The molecule has 0 aliphatic heterocycles. The van der Waals surface area contributed by atoms with Gasteiger partial charge < -0.3 is 14.8 Å². The van der Waals surface area contributed by atoms with Crippen molar-refractivity contribution in [2.24, 2.45) is 5.92 Å². The zero-order valence-electron chi connectivity index (χ0n) is 24.7. The normalized spacial score (nSPS) is 12.1. The van der Waals surface area contributed by atoms with Gasteiger partial charge in [-0.2, -0.15) is 0 Å². The van der Waals surface area contributed by atoms with Crippen molar-refractivity contribution in [3.05, 3.63) is 29.8 Å². The van der Waals surface area contributed by atoms with Crippen LogP contribution in [0, 0.1) is 5.92 Å². The monoisotopic (exact) mass is 531 g/mol. The van der Waals surface area contributed by atoms with Crippen molar-refractivity contribution in [2.75, 3.05) is 18.5 Å². The molecule has 0 heterocycles. The average molecular weight is 532 g/mol.